The minimum Gasteiger partial charge on any atom is -0.368 e. The van der Waals surface area contributed by atoms with E-state index in [1.54, 1.807) is 6.07 Å². The van der Waals surface area contributed by atoms with Crippen LogP contribution in [-0.2, 0) is 16.1 Å². The zero-order valence-corrected chi connectivity index (χ0v) is 15.2. The van der Waals surface area contributed by atoms with E-state index in [4.69, 9.17) is 23.1 Å². The van der Waals surface area contributed by atoms with Crippen molar-refractivity contribution in [3.63, 3.8) is 0 Å². The summed E-state index contributed by atoms with van der Waals surface area (Å²) in [5.74, 6) is -0.873. The lowest BCUT2D eigenvalue weighted by atomic mass is 10.0. The van der Waals surface area contributed by atoms with Crippen molar-refractivity contribution in [2.45, 2.75) is 44.8 Å². The molecule has 2 atom stereocenters. The van der Waals surface area contributed by atoms with Crippen LogP contribution in [0.5, 0.6) is 0 Å². The molecule has 8 nitrogen and oxygen atoms in total. The van der Waals surface area contributed by atoms with E-state index in [1.165, 1.54) is 11.1 Å². The molecule has 1 aliphatic heterocycles. The Bertz CT molecular complexity index is 765. The van der Waals surface area contributed by atoms with Crippen molar-refractivity contribution in [3.05, 3.63) is 28.3 Å². The molecule has 0 bridgehead atoms. The van der Waals surface area contributed by atoms with Gasteiger partial charge in [0.25, 0.3) is 5.91 Å². The average molecular weight is 380 g/mol. The molecule has 2 unspecified atom stereocenters. The van der Waals surface area contributed by atoms with Gasteiger partial charge in [-0.3, -0.25) is 14.4 Å². The second kappa shape index (κ2) is 7.22. The summed E-state index contributed by atoms with van der Waals surface area (Å²) >= 11 is 6.14. The summed E-state index contributed by atoms with van der Waals surface area (Å²) in [7, 11) is 0. The van der Waals surface area contributed by atoms with E-state index in [0.717, 1.165) is 12.8 Å². The molecule has 3 amide bonds. The first-order valence-corrected chi connectivity index (χ1v) is 8.91. The Kier molecular flexibility index (Phi) is 5.17. The minimum atomic E-state index is -0.829. The van der Waals surface area contributed by atoms with Crippen molar-refractivity contribution < 1.29 is 14.4 Å². The van der Waals surface area contributed by atoms with Gasteiger partial charge in [0.05, 0.1) is 17.7 Å². The van der Waals surface area contributed by atoms with Crippen molar-refractivity contribution in [2.24, 2.45) is 17.4 Å². The number of nitrogens with zero attached hydrogens (tertiary/aromatic N) is 1. The van der Waals surface area contributed by atoms with Crippen molar-refractivity contribution in [1.29, 1.82) is 0 Å². The maximum absolute atomic E-state index is 12.8. The monoisotopic (exact) mass is 379 g/mol. The first-order chi connectivity index (χ1) is 12.3. The topological polar surface area (TPSA) is 131 Å². The van der Waals surface area contributed by atoms with Gasteiger partial charge in [0.15, 0.2) is 0 Å². The molecule has 2 aliphatic rings. The lowest BCUT2D eigenvalue weighted by Gasteiger charge is -2.24. The van der Waals surface area contributed by atoms with Crippen LogP contribution >= 0.6 is 11.6 Å². The van der Waals surface area contributed by atoms with Crippen LogP contribution < -0.4 is 27.2 Å². The highest BCUT2D eigenvalue weighted by Crippen LogP contribution is 2.34. The summed E-state index contributed by atoms with van der Waals surface area (Å²) in [5, 5.41) is 4.48. The number of nitrogens with one attached hydrogen (secondary N) is 2. The summed E-state index contributed by atoms with van der Waals surface area (Å²) in [6.45, 7) is 2.02. The van der Waals surface area contributed by atoms with E-state index < -0.39 is 11.9 Å². The van der Waals surface area contributed by atoms with Crippen molar-refractivity contribution >= 4 is 35.0 Å². The van der Waals surface area contributed by atoms with Crippen LogP contribution in [0.3, 0.4) is 0 Å². The third kappa shape index (κ3) is 3.67. The molecule has 26 heavy (non-hydrogen) atoms. The predicted octanol–water partition coefficient (Wildman–Crippen LogP) is 0.422. The van der Waals surface area contributed by atoms with E-state index in [-0.39, 0.29) is 36.4 Å². The molecule has 1 saturated heterocycles. The summed E-state index contributed by atoms with van der Waals surface area (Å²) in [5.41, 5.74) is 14.9. The molecule has 0 aromatic heterocycles. The number of halogens is 1. The Hall–Kier alpha value is -2.16. The summed E-state index contributed by atoms with van der Waals surface area (Å²) in [6.07, 6.45) is 2.09. The highest BCUT2D eigenvalue weighted by Gasteiger charge is 2.37. The van der Waals surface area contributed by atoms with Crippen LogP contribution in [-0.4, -0.2) is 29.8 Å². The zero-order chi connectivity index (χ0) is 19.0. The summed E-state index contributed by atoms with van der Waals surface area (Å²) in [4.78, 5) is 36.7. The van der Waals surface area contributed by atoms with Gasteiger partial charge in [0.2, 0.25) is 11.8 Å². The number of carbonyl (C=O) groups excluding carboxylic acids is 3. The molecular weight excluding hydrogens is 358 g/mol. The number of nitrogens with two attached hydrogens (primary N) is 2. The van der Waals surface area contributed by atoms with Gasteiger partial charge in [-0.2, -0.15) is 0 Å². The average Bonchev–Trinajstić information content (AvgIpc) is 3.36. The quantitative estimate of drug-likeness (QED) is 0.569. The number of amides is 3. The maximum atomic E-state index is 12.8. The van der Waals surface area contributed by atoms with Gasteiger partial charge in [-0.25, -0.2) is 10.4 Å². The standard InChI is InChI=1S/C17H22ClN5O3/c1-8(9-2-3-9)21-17(26)12-5-11(18)4-10(7-19)15(12)23-14(24)6-13(22-23)16(20)25/h4-5,8-9,13,22H,2-3,6-7,19H2,1H3,(H2,20,25)(H,21,26). The molecule has 1 heterocycles. The molecule has 9 heteroatoms. The molecule has 0 spiro atoms. The van der Waals surface area contributed by atoms with Crippen molar-refractivity contribution in [2.75, 3.05) is 5.01 Å². The number of hydrogen-bond donors (Lipinski definition) is 4. The molecule has 1 aliphatic carbocycles. The van der Waals surface area contributed by atoms with Gasteiger partial charge in [0.1, 0.15) is 6.04 Å². The Balaban J connectivity index is 1.98. The van der Waals surface area contributed by atoms with Gasteiger partial charge < -0.3 is 16.8 Å². The van der Waals surface area contributed by atoms with Gasteiger partial charge in [0, 0.05) is 17.6 Å². The Morgan fingerprint density at radius 3 is 2.65 bits per heavy atom. The molecule has 0 radical (unpaired) electrons. The number of anilines is 1. The molecule has 2 fully saturated rings. The first-order valence-electron chi connectivity index (χ1n) is 8.53. The van der Waals surface area contributed by atoms with Gasteiger partial charge in [-0.1, -0.05) is 11.6 Å². The van der Waals surface area contributed by atoms with Crippen LogP contribution in [0.2, 0.25) is 5.02 Å². The predicted molar refractivity (Wildman–Crippen MR) is 97.2 cm³/mol. The zero-order valence-electron chi connectivity index (χ0n) is 14.4. The number of hydrazine groups is 1. The van der Waals surface area contributed by atoms with E-state index in [2.05, 4.69) is 10.7 Å². The highest BCUT2D eigenvalue weighted by molar-refractivity contribution is 6.31. The lowest BCUT2D eigenvalue weighted by Crippen LogP contribution is -2.45. The largest absolute Gasteiger partial charge is 0.368 e. The summed E-state index contributed by atoms with van der Waals surface area (Å²) < 4.78 is 0. The van der Waals surface area contributed by atoms with E-state index >= 15 is 0 Å². The first kappa shape index (κ1) is 18.6. The summed E-state index contributed by atoms with van der Waals surface area (Å²) in [6, 6.07) is 2.30. The third-order valence-corrected chi connectivity index (χ3v) is 5.00. The highest BCUT2D eigenvalue weighted by atomic mass is 35.5. The number of rotatable bonds is 6. The van der Waals surface area contributed by atoms with Crippen LogP contribution in [0.25, 0.3) is 0 Å². The van der Waals surface area contributed by atoms with Gasteiger partial charge >= 0.3 is 0 Å². The molecule has 1 saturated carbocycles. The number of carbonyl (C=O) groups is 3. The van der Waals surface area contributed by atoms with Crippen molar-refractivity contribution in [1.82, 2.24) is 10.7 Å². The Morgan fingerprint density at radius 1 is 1.42 bits per heavy atom. The van der Waals surface area contributed by atoms with Gasteiger partial charge in [-0.05, 0) is 43.4 Å². The van der Waals surface area contributed by atoms with E-state index in [9.17, 15) is 14.4 Å². The van der Waals surface area contributed by atoms with Crippen molar-refractivity contribution in [3.8, 4) is 0 Å². The van der Waals surface area contributed by atoms with E-state index in [1.807, 2.05) is 6.92 Å². The van der Waals surface area contributed by atoms with Crippen LogP contribution in [0.15, 0.2) is 12.1 Å². The smallest absolute Gasteiger partial charge is 0.253 e. The van der Waals surface area contributed by atoms with Crippen LogP contribution in [0.1, 0.15) is 42.1 Å². The maximum Gasteiger partial charge on any atom is 0.253 e. The Morgan fingerprint density at radius 2 is 2.12 bits per heavy atom. The molecule has 1 aromatic carbocycles. The number of benzene rings is 1. The molecular formula is C17H22ClN5O3. The fourth-order valence-electron chi connectivity index (χ4n) is 3.14. The van der Waals surface area contributed by atoms with Crippen LogP contribution in [0.4, 0.5) is 5.69 Å². The molecule has 140 valence electrons. The number of hydrogen-bond acceptors (Lipinski definition) is 5. The second-order valence-corrected chi connectivity index (χ2v) is 7.22. The number of primary amides is 1. The SMILES string of the molecule is CC(NC(=O)c1cc(Cl)cc(CN)c1N1NC(C(N)=O)CC1=O)C1CC1. The lowest BCUT2D eigenvalue weighted by molar-refractivity contribution is -0.121. The molecule has 3 rings (SSSR count). The van der Waals surface area contributed by atoms with E-state index in [0.29, 0.717) is 22.2 Å². The minimum absolute atomic E-state index is 0.0243. The second-order valence-electron chi connectivity index (χ2n) is 6.78. The van der Waals surface area contributed by atoms with Crippen LogP contribution in [0, 0.1) is 5.92 Å². The molecule has 1 aromatic rings. The van der Waals surface area contributed by atoms with Gasteiger partial charge in [-0.15, -0.1) is 0 Å². The molecule has 6 N–H and O–H groups in total. The fourth-order valence-corrected chi connectivity index (χ4v) is 3.38. The third-order valence-electron chi connectivity index (χ3n) is 4.79. The normalized spacial score (nSPS) is 21.0. The fraction of sp³-hybridized carbons (Fsp3) is 0.471. The Labute approximate surface area is 156 Å².